The summed E-state index contributed by atoms with van der Waals surface area (Å²) in [5.74, 6) is -3.09. The number of aromatic hydroxyl groups is 2. The molecule has 0 aliphatic carbocycles. The summed E-state index contributed by atoms with van der Waals surface area (Å²) < 4.78 is 17.1. The molecule has 8 atom stereocenters. The van der Waals surface area contributed by atoms with E-state index in [1.165, 1.54) is 13.8 Å². The quantitative estimate of drug-likeness (QED) is 0.131. The maximum absolute atomic E-state index is 12.3. The zero-order valence-electron chi connectivity index (χ0n) is 25.0. The Morgan fingerprint density at radius 3 is 2.48 bits per heavy atom. The lowest BCUT2D eigenvalue weighted by molar-refractivity contribution is -0.315. The molecule has 44 heavy (non-hydrogen) atoms. The number of Topliss-reactive ketones (excluding diaryl/α,β-unsaturated/α-hetero) is 1. The van der Waals surface area contributed by atoms with Gasteiger partial charge in [0.25, 0.3) is 0 Å². The number of ketones is 1. The van der Waals surface area contributed by atoms with Crippen molar-refractivity contribution in [3.8, 4) is 17.2 Å². The molecule has 2 aliphatic rings. The molecule has 0 aromatic heterocycles. The molecule has 13 heteroatoms. The molecule has 0 amide bonds. The fraction of sp³-hybridized carbons (Fsp3) is 0.613. The number of hydrogen-bond acceptors (Lipinski definition) is 12. The molecule has 0 bridgehead atoms. The van der Waals surface area contributed by atoms with Crippen LogP contribution in [0.25, 0.3) is 10.8 Å². The predicted octanol–water partition coefficient (Wildman–Crippen LogP) is 1.46. The summed E-state index contributed by atoms with van der Waals surface area (Å²) in [5, 5.41) is 84.6. The maximum atomic E-state index is 12.3. The third-order valence-corrected chi connectivity index (χ3v) is 9.30. The number of carbonyl (C=O) groups excluding carboxylic acids is 1. The number of fused-ring (bicyclic) bond motifs is 1. The molecule has 2 heterocycles. The van der Waals surface area contributed by atoms with E-state index in [0.29, 0.717) is 26.1 Å². The van der Waals surface area contributed by atoms with Crippen molar-refractivity contribution >= 4 is 22.5 Å². The van der Waals surface area contributed by atoms with Gasteiger partial charge in [-0.15, -0.1) is 0 Å². The minimum absolute atomic E-state index is 0.0171. The van der Waals surface area contributed by atoms with Gasteiger partial charge in [0.05, 0.1) is 23.1 Å². The van der Waals surface area contributed by atoms with Crippen LogP contribution in [0.4, 0.5) is 0 Å². The molecule has 0 spiro atoms. The second kappa shape index (κ2) is 13.5. The van der Waals surface area contributed by atoms with E-state index in [2.05, 4.69) is 0 Å². The summed E-state index contributed by atoms with van der Waals surface area (Å²) in [6, 6.07) is 2.09. The summed E-state index contributed by atoms with van der Waals surface area (Å²) in [5.41, 5.74) is -2.66. The third-order valence-electron chi connectivity index (χ3n) is 9.30. The Hall–Kier alpha value is -3.04. The second-order valence-electron chi connectivity index (χ2n) is 12.0. The number of aromatic carboxylic acids is 1. The second-order valence-corrected chi connectivity index (χ2v) is 12.0. The van der Waals surface area contributed by atoms with Gasteiger partial charge in [-0.2, -0.15) is 0 Å². The normalized spacial score (nSPS) is 29.8. The van der Waals surface area contributed by atoms with Gasteiger partial charge in [-0.3, -0.25) is 4.79 Å². The van der Waals surface area contributed by atoms with Crippen molar-refractivity contribution in [2.75, 3.05) is 26.4 Å². The van der Waals surface area contributed by atoms with Crippen LogP contribution in [0, 0.1) is 24.7 Å². The summed E-state index contributed by atoms with van der Waals surface area (Å²) in [6.07, 6.45) is -5.31. The maximum Gasteiger partial charge on any atom is 0.335 e. The zero-order chi connectivity index (χ0) is 32.5. The largest absolute Gasteiger partial charge is 0.507 e. The molecule has 0 unspecified atom stereocenters. The number of phenolic OH excluding ortho intramolecular Hbond substituents is 2. The first-order chi connectivity index (χ1) is 20.8. The third kappa shape index (κ3) is 6.23. The summed E-state index contributed by atoms with van der Waals surface area (Å²) in [4.78, 5) is 24.2. The molecule has 2 aliphatic heterocycles. The van der Waals surface area contributed by atoms with Gasteiger partial charge in [0, 0.05) is 30.8 Å². The number of carboxylic acids is 1. The Morgan fingerprint density at radius 1 is 1.16 bits per heavy atom. The first-order valence-electron chi connectivity index (χ1n) is 14.7. The molecular formula is C31H42O13. The van der Waals surface area contributed by atoms with E-state index in [4.69, 9.17) is 14.2 Å². The Bertz CT molecular complexity index is 1370. The lowest BCUT2D eigenvalue weighted by Crippen LogP contribution is -2.67. The van der Waals surface area contributed by atoms with Crippen molar-refractivity contribution in [3.63, 3.8) is 0 Å². The van der Waals surface area contributed by atoms with E-state index in [9.17, 15) is 50.4 Å². The number of phenols is 2. The lowest BCUT2D eigenvalue weighted by Gasteiger charge is -2.48. The average Bonchev–Trinajstić information content (AvgIpc) is 2.99. The van der Waals surface area contributed by atoms with Crippen LogP contribution in [-0.4, -0.2) is 109 Å². The number of carboxylic acid groups (broad SMARTS) is 1. The monoisotopic (exact) mass is 622 g/mol. The Balaban J connectivity index is 1.64. The highest BCUT2D eigenvalue weighted by molar-refractivity contribution is 6.11. The molecule has 2 saturated heterocycles. The fourth-order valence-electron chi connectivity index (χ4n) is 6.74. The van der Waals surface area contributed by atoms with E-state index in [-0.39, 0.29) is 58.2 Å². The van der Waals surface area contributed by atoms with Gasteiger partial charge >= 0.3 is 5.97 Å². The van der Waals surface area contributed by atoms with Crippen molar-refractivity contribution < 1.29 is 64.7 Å². The van der Waals surface area contributed by atoms with Crippen molar-refractivity contribution in [1.29, 1.82) is 0 Å². The van der Waals surface area contributed by atoms with E-state index in [1.807, 2.05) is 6.92 Å². The zero-order valence-corrected chi connectivity index (χ0v) is 25.0. The molecule has 0 saturated carbocycles. The van der Waals surface area contributed by atoms with Crippen LogP contribution in [0.2, 0.25) is 0 Å². The fourth-order valence-corrected chi connectivity index (χ4v) is 6.74. The molecule has 13 nitrogen and oxygen atoms in total. The molecular weight excluding hydrogens is 580 g/mol. The van der Waals surface area contributed by atoms with E-state index in [1.54, 1.807) is 0 Å². The van der Waals surface area contributed by atoms with Gasteiger partial charge in [-0.25, -0.2) is 4.79 Å². The number of rotatable bonds is 11. The summed E-state index contributed by atoms with van der Waals surface area (Å²) in [7, 11) is 0. The molecule has 2 aromatic carbocycles. The van der Waals surface area contributed by atoms with Crippen molar-refractivity contribution in [2.45, 2.75) is 76.7 Å². The molecule has 8 N–H and O–H groups in total. The van der Waals surface area contributed by atoms with Crippen LogP contribution < -0.4 is 4.74 Å². The number of aliphatic hydroxyl groups is 5. The Morgan fingerprint density at radius 2 is 1.86 bits per heavy atom. The molecule has 0 radical (unpaired) electrons. The van der Waals surface area contributed by atoms with Crippen LogP contribution in [0.5, 0.6) is 17.2 Å². The van der Waals surface area contributed by atoms with Gasteiger partial charge in [0.15, 0.2) is 5.78 Å². The lowest BCUT2D eigenvalue weighted by atomic mass is 9.73. The topological polar surface area (TPSA) is 224 Å². The van der Waals surface area contributed by atoms with Gasteiger partial charge < -0.3 is 55.1 Å². The van der Waals surface area contributed by atoms with Crippen LogP contribution in [0.3, 0.4) is 0 Å². The molecule has 244 valence electrons. The van der Waals surface area contributed by atoms with Gasteiger partial charge in [-0.1, -0.05) is 6.92 Å². The highest BCUT2D eigenvalue weighted by Crippen LogP contribution is 2.46. The first kappa shape index (κ1) is 33.8. The number of aliphatic hydroxyl groups excluding tert-OH is 4. The SMILES string of the molecule is CC(=O)c1c(C)c(O)c2cc(C(=O)O)cc(O[C@@H]3O[C@H](CO)[C@](O)(CC[C@@H](C)[C@H]4CCOC[C@@H]4CCO)[C@H](O)[C@H]3O)c2c1O. The summed E-state index contributed by atoms with van der Waals surface area (Å²) in [6.45, 7) is 4.89. The first-order valence-corrected chi connectivity index (χ1v) is 14.7. The van der Waals surface area contributed by atoms with Crippen LogP contribution in [-0.2, 0) is 9.47 Å². The van der Waals surface area contributed by atoms with Crippen molar-refractivity contribution in [3.05, 3.63) is 28.8 Å². The van der Waals surface area contributed by atoms with Gasteiger partial charge in [-0.05, 0) is 69.4 Å². The highest BCUT2D eigenvalue weighted by atomic mass is 16.7. The van der Waals surface area contributed by atoms with Gasteiger partial charge in [0.1, 0.15) is 41.2 Å². The molecule has 2 fully saturated rings. The van der Waals surface area contributed by atoms with E-state index in [0.717, 1.165) is 18.6 Å². The highest BCUT2D eigenvalue weighted by Gasteiger charge is 2.55. The summed E-state index contributed by atoms with van der Waals surface area (Å²) >= 11 is 0. The van der Waals surface area contributed by atoms with E-state index >= 15 is 0 Å². The Labute approximate surface area is 254 Å². The van der Waals surface area contributed by atoms with Crippen molar-refractivity contribution in [1.82, 2.24) is 0 Å². The van der Waals surface area contributed by atoms with Crippen LogP contribution >= 0.6 is 0 Å². The smallest absolute Gasteiger partial charge is 0.335 e. The van der Waals surface area contributed by atoms with Crippen molar-refractivity contribution in [2.24, 2.45) is 17.8 Å². The number of carbonyl (C=O) groups is 2. The number of hydrogen-bond donors (Lipinski definition) is 8. The van der Waals surface area contributed by atoms with Crippen LogP contribution in [0.1, 0.15) is 65.8 Å². The minimum Gasteiger partial charge on any atom is -0.507 e. The minimum atomic E-state index is -2.09. The molecule has 4 rings (SSSR count). The molecule has 2 aromatic rings. The predicted molar refractivity (Wildman–Crippen MR) is 155 cm³/mol. The Kier molecular flexibility index (Phi) is 10.4. The standard InChI is InChI=1S/C31H42O13/c1-14(19-6-9-42-13-17(19)5-8-32)4-7-31(41)22(12-33)44-30(27(37)28(31)38)43-21-11-18(29(39)40)10-20-24(21)26(36)23(16(3)34)15(2)25(20)35/h10-11,14,17,19,22,27-28,30,32-33,35-38,41H,4-9,12-13H2,1-3H3,(H,39,40)/t14-,17+,19-,22-,27-,28-,30-,31-/m1/s1. The average molecular weight is 623 g/mol. The van der Waals surface area contributed by atoms with Crippen LogP contribution in [0.15, 0.2) is 12.1 Å². The number of benzene rings is 2. The van der Waals surface area contributed by atoms with Gasteiger partial charge in [0.2, 0.25) is 6.29 Å². The number of ether oxygens (including phenoxy) is 3. The van der Waals surface area contributed by atoms with E-state index < -0.39 is 65.8 Å².